The van der Waals surface area contributed by atoms with Gasteiger partial charge in [-0.05, 0) is 97.4 Å². The standard InChI is InChI=1S/C53H53N7O5/c54-50-48-47(38-15-6-3-7-16-38)49(39-17-8-4-9-18-39)59(51(48)56-34-60(50)41-21-23-42(61)24-22-41)32-37-14-11-13-35(30-37)12-5-1-2-10-29-55-45(62)27-20-36-19-25-43-40(31-36)33-58(53(43)65)44-26-28-46(63)57-52(44)64/h3-4,6-9,11,13-19,25,30-31,34,41-42,44,54,61H,1-2,10,20-24,26-29,32-33H2,(H,55,62)(H,57,63,64). The molecule has 65 heavy (non-hydrogen) atoms. The predicted molar refractivity (Wildman–Crippen MR) is 248 cm³/mol. The van der Waals surface area contributed by atoms with Gasteiger partial charge in [0.05, 0.1) is 23.5 Å². The van der Waals surface area contributed by atoms with Crippen LogP contribution >= 0.6 is 0 Å². The van der Waals surface area contributed by atoms with Crippen molar-refractivity contribution in [1.29, 1.82) is 5.41 Å². The van der Waals surface area contributed by atoms with Gasteiger partial charge in [0.1, 0.15) is 17.2 Å². The highest BCUT2D eigenvalue weighted by Crippen LogP contribution is 2.40. The number of piperidine rings is 1. The number of amides is 4. The summed E-state index contributed by atoms with van der Waals surface area (Å²) < 4.78 is 4.25. The highest BCUT2D eigenvalue weighted by Gasteiger charge is 2.39. The molecule has 0 radical (unpaired) electrons. The molecule has 12 nitrogen and oxygen atoms in total. The van der Waals surface area contributed by atoms with Gasteiger partial charge in [0.25, 0.3) is 5.91 Å². The average Bonchev–Trinajstić information content (AvgIpc) is 3.83. The van der Waals surface area contributed by atoms with Crippen LogP contribution in [-0.4, -0.2) is 66.4 Å². The Balaban J connectivity index is 0.824. The van der Waals surface area contributed by atoms with E-state index in [0.717, 1.165) is 94.2 Å². The molecule has 330 valence electrons. The van der Waals surface area contributed by atoms with Crippen molar-refractivity contribution < 1.29 is 24.3 Å². The van der Waals surface area contributed by atoms with Crippen LogP contribution in [0.15, 0.2) is 109 Å². The number of fused-ring (bicyclic) bond motifs is 2. The van der Waals surface area contributed by atoms with E-state index in [2.05, 4.69) is 63.4 Å². The first-order chi connectivity index (χ1) is 31.7. The van der Waals surface area contributed by atoms with Crippen molar-refractivity contribution in [2.75, 3.05) is 6.54 Å². The van der Waals surface area contributed by atoms with Gasteiger partial charge in [-0.15, -0.1) is 0 Å². The van der Waals surface area contributed by atoms with Crippen LogP contribution in [0.3, 0.4) is 0 Å². The average molecular weight is 868 g/mol. The molecule has 4 aromatic carbocycles. The van der Waals surface area contributed by atoms with Crippen LogP contribution in [0.2, 0.25) is 0 Å². The molecule has 2 aliphatic heterocycles. The molecule has 0 spiro atoms. The van der Waals surface area contributed by atoms with Crippen molar-refractivity contribution in [2.45, 2.75) is 102 Å². The molecule has 1 aliphatic carbocycles. The van der Waals surface area contributed by atoms with Gasteiger partial charge in [-0.1, -0.05) is 96.8 Å². The Morgan fingerprint density at radius 1 is 0.862 bits per heavy atom. The Bertz CT molecular complexity index is 2880. The first-order valence-corrected chi connectivity index (χ1v) is 22.8. The van der Waals surface area contributed by atoms with Crippen molar-refractivity contribution in [2.24, 2.45) is 0 Å². The van der Waals surface area contributed by atoms with E-state index in [1.807, 2.05) is 71.6 Å². The van der Waals surface area contributed by atoms with Gasteiger partial charge in [-0.3, -0.25) is 29.9 Å². The lowest BCUT2D eigenvalue weighted by molar-refractivity contribution is -0.137. The number of nitrogens with zero attached hydrogens (tertiary/aromatic N) is 4. The normalized spacial score (nSPS) is 18.3. The fourth-order valence-electron chi connectivity index (χ4n) is 9.61. The molecule has 1 unspecified atom stereocenters. The number of carbonyl (C=O) groups excluding carboxylic acids is 4. The summed E-state index contributed by atoms with van der Waals surface area (Å²) in [5.41, 5.74) is 9.60. The molecular formula is C53H53N7O5. The fraction of sp³-hybridized carbons (Fsp3) is 0.321. The maximum Gasteiger partial charge on any atom is 0.255 e. The van der Waals surface area contributed by atoms with Crippen LogP contribution < -0.4 is 16.1 Å². The second-order valence-electron chi connectivity index (χ2n) is 17.4. The van der Waals surface area contributed by atoms with Crippen LogP contribution in [0.1, 0.15) is 103 Å². The zero-order valence-electron chi connectivity index (χ0n) is 36.4. The number of aliphatic hydroxyl groups is 1. The Morgan fingerprint density at radius 2 is 1.63 bits per heavy atom. The number of hydrogen-bond donors (Lipinski definition) is 4. The van der Waals surface area contributed by atoms with Gasteiger partial charge in [-0.25, -0.2) is 4.98 Å². The quantitative estimate of drug-likeness (QED) is 0.0545. The lowest BCUT2D eigenvalue weighted by atomic mass is 9.93. The second-order valence-corrected chi connectivity index (χ2v) is 17.4. The third kappa shape index (κ3) is 9.42. The van der Waals surface area contributed by atoms with Crippen molar-refractivity contribution in [3.05, 3.63) is 143 Å². The number of aromatic nitrogens is 3. The van der Waals surface area contributed by atoms with Crippen LogP contribution in [-0.2, 0) is 33.9 Å². The molecule has 6 aromatic rings. The van der Waals surface area contributed by atoms with E-state index in [-0.39, 0.29) is 36.3 Å². The summed E-state index contributed by atoms with van der Waals surface area (Å²) in [6.45, 7) is 1.41. The minimum atomic E-state index is -0.653. The van der Waals surface area contributed by atoms with E-state index >= 15 is 0 Å². The first-order valence-electron chi connectivity index (χ1n) is 22.8. The SMILES string of the molecule is N=c1c2c(-c3ccccc3)c(-c3ccccc3)n(Cc3cccc(C#CCCCCNC(=O)CCc4ccc5c(c4)CN(C4CCC(=O)NC4=O)C5=O)c3)c2ncn1C1CCC(O)CC1. The summed E-state index contributed by atoms with van der Waals surface area (Å²) in [5, 5.41) is 26.1. The van der Waals surface area contributed by atoms with E-state index in [0.29, 0.717) is 56.4 Å². The molecule has 4 heterocycles. The summed E-state index contributed by atoms with van der Waals surface area (Å²) in [7, 11) is 0. The van der Waals surface area contributed by atoms with E-state index in [9.17, 15) is 29.7 Å². The first kappa shape index (κ1) is 43.2. The molecule has 1 atom stereocenters. The lowest BCUT2D eigenvalue weighted by Gasteiger charge is -2.29. The number of benzene rings is 4. The Kier molecular flexibility index (Phi) is 12.8. The fourth-order valence-corrected chi connectivity index (χ4v) is 9.61. The Morgan fingerprint density at radius 3 is 2.40 bits per heavy atom. The van der Waals surface area contributed by atoms with Crippen molar-refractivity contribution >= 4 is 34.7 Å². The number of aryl methyl sites for hydroxylation is 1. The number of nitrogens with one attached hydrogen (secondary N) is 3. The minimum Gasteiger partial charge on any atom is -0.393 e. The zero-order valence-corrected chi connectivity index (χ0v) is 36.4. The number of aliphatic hydroxyl groups excluding tert-OH is 1. The van der Waals surface area contributed by atoms with Crippen LogP contribution in [0.4, 0.5) is 0 Å². The molecule has 3 aliphatic rings. The van der Waals surface area contributed by atoms with Gasteiger partial charge in [-0.2, -0.15) is 0 Å². The number of hydrogen-bond acceptors (Lipinski definition) is 7. The third-order valence-electron chi connectivity index (χ3n) is 13.0. The van der Waals surface area contributed by atoms with Gasteiger partial charge in [0, 0.05) is 61.6 Å². The van der Waals surface area contributed by atoms with Crippen LogP contribution in [0.5, 0.6) is 0 Å². The van der Waals surface area contributed by atoms with Crippen molar-refractivity contribution in [1.82, 2.24) is 29.7 Å². The monoisotopic (exact) mass is 867 g/mol. The van der Waals surface area contributed by atoms with E-state index < -0.39 is 11.9 Å². The zero-order chi connectivity index (χ0) is 44.9. The summed E-state index contributed by atoms with van der Waals surface area (Å²) in [5.74, 6) is 5.70. The maximum absolute atomic E-state index is 13.0. The Labute approximate surface area is 378 Å². The topological polar surface area (TPSA) is 162 Å². The van der Waals surface area contributed by atoms with E-state index in [4.69, 9.17) is 4.98 Å². The van der Waals surface area contributed by atoms with Gasteiger partial charge < -0.3 is 24.5 Å². The van der Waals surface area contributed by atoms with Crippen LogP contribution in [0.25, 0.3) is 33.4 Å². The summed E-state index contributed by atoms with van der Waals surface area (Å²) in [4.78, 5) is 56.3. The molecule has 4 amide bonds. The molecule has 0 bridgehead atoms. The van der Waals surface area contributed by atoms with Crippen molar-refractivity contribution in [3.8, 4) is 34.2 Å². The van der Waals surface area contributed by atoms with E-state index in [1.54, 1.807) is 6.07 Å². The second kappa shape index (κ2) is 19.3. The molecule has 1 saturated heterocycles. The molecule has 2 aromatic heterocycles. The van der Waals surface area contributed by atoms with Gasteiger partial charge in [0.2, 0.25) is 17.7 Å². The molecule has 9 rings (SSSR count). The molecule has 4 N–H and O–H groups in total. The molecule has 1 saturated carbocycles. The largest absolute Gasteiger partial charge is 0.393 e. The third-order valence-corrected chi connectivity index (χ3v) is 13.0. The number of unbranched alkanes of at least 4 members (excludes halogenated alkanes) is 2. The Hall–Kier alpha value is -7.10. The summed E-state index contributed by atoms with van der Waals surface area (Å²) >= 11 is 0. The molecule has 12 heteroatoms. The number of carbonyl (C=O) groups is 4. The van der Waals surface area contributed by atoms with Crippen molar-refractivity contribution in [3.63, 3.8) is 0 Å². The number of imide groups is 1. The van der Waals surface area contributed by atoms with E-state index in [1.165, 1.54) is 4.90 Å². The lowest BCUT2D eigenvalue weighted by Crippen LogP contribution is -2.52. The predicted octanol–water partition coefficient (Wildman–Crippen LogP) is 7.21. The highest BCUT2D eigenvalue weighted by atomic mass is 16.3. The van der Waals surface area contributed by atoms with Crippen LogP contribution in [0, 0.1) is 17.3 Å². The molecular weight excluding hydrogens is 815 g/mol. The van der Waals surface area contributed by atoms with Gasteiger partial charge in [0.15, 0.2) is 0 Å². The minimum absolute atomic E-state index is 0.0327. The molecule has 2 fully saturated rings. The highest BCUT2D eigenvalue weighted by molar-refractivity contribution is 6.05. The summed E-state index contributed by atoms with van der Waals surface area (Å²) in [6, 6.07) is 34.0. The summed E-state index contributed by atoms with van der Waals surface area (Å²) in [6.07, 6.45) is 8.33. The van der Waals surface area contributed by atoms with Gasteiger partial charge >= 0.3 is 0 Å². The maximum atomic E-state index is 13.0. The number of rotatable bonds is 13. The smallest absolute Gasteiger partial charge is 0.255 e.